The minimum atomic E-state index is -1.29. The number of esters is 1. The molecule has 0 aromatic heterocycles. The highest BCUT2D eigenvalue weighted by molar-refractivity contribution is 14.0. The zero-order valence-corrected chi connectivity index (χ0v) is 13.0. The fourth-order valence-corrected chi connectivity index (χ4v) is 1.43. The summed E-state index contributed by atoms with van der Waals surface area (Å²) in [6.45, 7) is 3.03. The Hall–Kier alpha value is -1.44. The average molecular weight is 377 g/mol. The first-order chi connectivity index (χ1) is 8.56. The lowest BCUT2D eigenvalue weighted by molar-refractivity contribution is -0.145. The summed E-state index contributed by atoms with van der Waals surface area (Å²) < 4.78 is 4.77. The van der Waals surface area contributed by atoms with Crippen molar-refractivity contribution in [3.63, 3.8) is 0 Å². The first kappa shape index (κ1) is 17.6. The molecule has 0 fully saturated rings. The van der Waals surface area contributed by atoms with Crippen LogP contribution in [-0.4, -0.2) is 30.3 Å². The van der Waals surface area contributed by atoms with Crippen molar-refractivity contribution in [1.82, 2.24) is 5.32 Å². The predicted molar refractivity (Wildman–Crippen MR) is 80.4 cm³/mol. The van der Waals surface area contributed by atoms with Gasteiger partial charge in [0.15, 0.2) is 11.8 Å². The summed E-state index contributed by atoms with van der Waals surface area (Å²) in [5.41, 5.74) is 0.351. The molecule has 0 saturated heterocycles. The van der Waals surface area contributed by atoms with E-state index in [0.717, 1.165) is 0 Å². The van der Waals surface area contributed by atoms with E-state index in [1.165, 1.54) is 6.92 Å². The Morgan fingerprint density at radius 3 is 2.26 bits per heavy atom. The highest BCUT2D eigenvalue weighted by atomic mass is 127. The first-order valence-corrected chi connectivity index (χ1v) is 5.59. The molecule has 1 rings (SSSR count). The van der Waals surface area contributed by atoms with E-state index in [1.54, 1.807) is 37.3 Å². The molecule has 0 radical (unpaired) electrons. The van der Waals surface area contributed by atoms with Crippen LogP contribution in [0.15, 0.2) is 30.3 Å². The van der Waals surface area contributed by atoms with Gasteiger partial charge in [-0.25, -0.2) is 4.79 Å². The van der Waals surface area contributed by atoms with Crippen LogP contribution in [0.4, 0.5) is 0 Å². The van der Waals surface area contributed by atoms with Gasteiger partial charge in [0.05, 0.1) is 6.61 Å². The largest absolute Gasteiger partial charge is 0.464 e. The van der Waals surface area contributed by atoms with Crippen molar-refractivity contribution in [2.45, 2.75) is 19.9 Å². The zero-order chi connectivity index (χ0) is 13.5. The maximum atomic E-state index is 12.1. The predicted octanol–water partition coefficient (Wildman–Crippen LogP) is 1.56. The van der Waals surface area contributed by atoms with E-state index in [9.17, 15) is 14.4 Å². The van der Waals surface area contributed by atoms with Crippen LogP contribution in [0.25, 0.3) is 0 Å². The summed E-state index contributed by atoms with van der Waals surface area (Å²) in [6, 6.07) is 7.00. The molecule has 19 heavy (non-hydrogen) atoms. The van der Waals surface area contributed by atoms with Crippen molar-refractivity contribution in [2.75, 3.05) is 6.61 Å². The first-order valence-electron chi connectivity index (χ1n) is 5.59. The van der Waals surface area contributed by atoms with E-state index in [0.29, 0.717) is 5.56 Å². The molecule has 1 N–H and O–H groups in total. The van der Waals surface area contributed by atoms with Gasteiger partial charge in [0.2, 0.25) is 5.91 Å². The van der Waals surface area contributed by atoms with Crippen LogP contribution >= 0.6 is 24.0 Å². The highest BCUT2D eigenvalue weighted by Gasteiger charge is 2.29. The third-order valence-electron chi connectivity index (χ3n) is 2.19. The molecule has 1 aromatic carbocycles. The molecule has 1 amide bonds. The number of ketones is 1. The van der Waals surface area contributed by atoms with E-state index >= 15 is 0 Å². The van der Waals surface area contributed by atoms with Gasteiger partial charge in [0, 0.05) is 12.5 Å². The highest BCUT2D eigenvalue weighted by Crippen LogP contribution is 2.05. The summed E-state index contributed by atoms with van der Waals surface area (Å²) in [5.74, 6) is -1.69. The Kier molecular flexibility index (Phi) is 7.97. The zero-order valence-electron chi connectivity index (χ0n) is 10.7. The smallest absolute Gasteiger partial charge is 0.336 e. The summed E-state index contributed by atoms with van der Waals surface area (Å²) >= 11 is 0. The van der Waals surface area contributed by atoms with Crippen molar-refractivity contribution in [3.8, 4) is 0 Å². The lowest BCUT2D eigenvalue weighted by atomic mass is 10.0. The Bertz CT molecular complexity index is 447. The third-order valence-corrected chi connectivity index (χ3v) is 2.19. The van der Waals surface area contributed by atoms with Gasteiger partial charge in [0.1, 0.15) is 0 Å². The molecule has 0 heterocycles. The molecular weight excluding hydrogens is 361 g/mol. The van der Waals surface area contributed by atoms with Crippen molar-refractivity contribution < 1.29 is 19.1 Å². The van der Waals surface area contributed by atoms with Crippen molar-refractivity contribution >= 4 is 41.6 Å². The number of rotatable bonds is 5. The summed E-state index contributed by atoms with van der Waals surface area (Å²) in [7, 11) is 0. The van der Waals surface area contributed by atoms with E-state index in [4.69, 9.17) is 4.74 Å². The van der Waals surface area contributed by atoms with Crippen LogP contribution in [-0.2, 0) is 14.3 Å². The van der Waals surface area contributed by atoms with Gasteiger partial charge >= 0.3 is 5.97 Å². The summed E-state index contributed by atoms with van der Waals surface area (Å²) in [4.78, 5) is 34.7. The van der Waals surface area contributed by atoms with Crippen LogP contribution in [0.5, 0.6) is 0 Å². The third kappa shape index (κ3) is 5.37. The Morgan fingerprint density at radius 1 is 1.21 bits per heavy atom. The molecule has 104 valence electrons. The molecule has 0 aliphatic rings. The Labute approximate surface area is 128 Å². The monoisotopic (exact) mass is 377 g/mol. The number of Topliss-reactive ketones (excluding diaryl/α,β-unsaturated/α-hetero) is 1. The lowest BCUT2D eigenvalue weighted by Crippen LogP contribution is -2.46. The van der Waals surface area contributed by atoms with Crippen LogP contribution < -0.4 is 5.32 Å². The van der Waals surface area contributed by atoms with Crippen LogP contribution in [0.1, 0.15) is 24.2 Å². The van der Waals surface area contributed by atoms with E-state index in [2.05, 4.69) is 5.32 Å². The second-order valence-electron chi connectivity index (χ2n) is 3.62. The van der Waals surface area contributed by atoms with Crippen molar-refractivity contribution in [1.29, 1.82) is 0 Å². The minimum Gasteiger partial charge on any atom is -0.464 e. The molecule has 1 unspecified atom stereocenters. The quantitative estimate of drug-likeness (QED) is 0.366. The molecule has 6 heteroatoms. The molecule has 1 aromatic rings. The topological polar surface area (TPSA) is 72.5 Å². The number of hydrogen-bond acceptors (Lipinski definition) is 4. The number of benzene rings is 1. The van der Waals surface area contributed by atoms with Gasteiger partial charge in [0.25, 0.3) is 0 Å². The number of carbonyl (C=O) groups excluding carboxylic acids is 3. The molecule has 0 spiro atoms. The number of carbonyl (C=O) groups is 3. The van der Waals surface area contributed by atoms with Gasteiger partial charge in [-0.2, -0.15) is 0 Å². The molecule has 1 atom stereocenters. The maximum absolute atomic E-state index is 12.1. The van der Waals surface area contributed by atoms with Gasteiger partial charge in [-0.15, -0.1) is 24.0 Å². The minimum absolute atomic E-state index is 0. The lowest BCUT2D eigenvalue weighted by Gasteiger charge is -2.15. The number of nitrogens with one attached hydrogen (secondary N) is 1. The number of halogens is 1. The van der Waals surface area contributed by atoms with Gasteiger partial charge in [-0.3, -0.25) is 9.59 Å². The Balaban J connectivity index is 0.00000324. The van der Waals surface area contributed by atoms with Gasteiger partial charge in [-0.1, -0.05) is 30.3 Å². The molecular formula is C13H16INO4. The average Bonchev–Trinajstić information content (AvgIpc) is 2.36. The number of hydrogen-bond donors (Lipinski definition) is 1. The SMILES string of the molecule is CCOC(=O)C(NC(C)=O)C(=O)c1ccccc1.I. The van der Waals surface area contributed by atoms with Crippen LogP contribution in [0, 0.1) is 0 Å². The molecule has 0 bridgehead atoms. The molecule has 0 aliphatic carbocycles. The van der Waals surface area contributed by atoms with Gasteiger partial charge < -0.3 is 10.1 Å². The number of ether oxygens (including phenoxy) is 1. The molecule has 0 aliphatic heterocycles. The maximum Gasteiger partial charge on any atom is 0.336 e. The Morgan fingerprint density at radius 2 is 1.79 bits per heavy atom. The number of amides is 1. The fraction of sp³-hybridized carbons (Fsp3) is 0.308. The standard InChI is InChI=1S/C13H15NO4.HI/c1-3-18-13(17)11(14-9(2)15)12(16)10-7-5-4-6-8-10;/h4-8,11H,3H2,1-2H3,(H,14,15);1H. The van der Waals surface area contributed by atoms with Crippen molar-refractivity contribution in [3.05, 3.63) is 35.9 Å². The van der Waals surface area contributed by atoms with E-state index in [-0.39, 0.29) is 30.6 Å². The summed E-state index contributed by atoms with van der Waals surface area (Å²) in [5, 5.41) is 2.30. The van der Waals surface area contributed by atoms with Crippen LogP contribution in [0.3, 0.4) is 0 Å². The molecule has 5 nitrogen and oxygen atoms in total. The normalized spacial score (nSPS) is 10.8. The van der Waals surface area contributed by atoms with E-state index < -0.39 is 23.7 Å². The second kappa shape index (κ2) is 8.63. The van der Waals surface area contributed by atoms with Gasteiger partial charge in [-0.05, 0) is 6.92 Å². The fourth-order valence-electron chi connectivity index (χ4n) is 1.43. The molecule has 0 saturated carbocycles. The summed E-state index contributed by atoms with van der Waals surface area (Å²) in [6.07, 6.45) is 0. The second-order valence-corrected chi connectivity index (χ2v) is 3.62. The van der Waals surface area contributed by atoms with Crippen LogP contribution in [0.2, 0.25) is 0 Å². The van der Waals surface area contributed by atoms with E-state index in [1.807, 2.05) is 0 Å². The van der Waals surface area contributed by atoms with Crippen molar-refractivity contribution in [2.24, 2.45) is 0 Å².